The summed E-state index contributed by atoms with van der Waals surface area (Å²) in [6, 6.07) is 0. The fourth-order valence-corrected chi connectivity index (χ4v) is 3.40. The van der Waals surface area contributed by atoms with Crippen molar-refractivity contribution in [2.75, 3.05) is 46.3 Å². The second kappa shape index (κ2) is 8.48. The summed E-state index contributed by atoms with van der Waals surface area (Å²) in [5.41, 5.74) is 1.64. The van der Waals surface area contributed by atoms with Crippen molar-refractivity contribution in [3.05, 3.63) is 23.9 Å². The SMILES string of the molecule is C/C=C/N1CCC(CN2CCC/C(=C\CNC)C2)CC1. The van der Waals surface area contributed by atoms with Crippen LogP contribution in [-0.4, -0.2) is 56.1 Å². The van der Waals surface area contributed by atoms with Crippen LogP contribution >= 0.6 is 0 Å². The zero-order valence-electron chi connectivity index (χ0n) is 13.3. The topological polar surface area (TPSA) is 18.5 Å². The molecule has 2 rings (SSSR count). The van der Waals surface area contributed by atoms with Gasteiger partial charge in [0.1, 0.15) is 0 Å². The lowest BCUT2D eigenvalue weighted by Crippen LogP contribution is -2.39. The van der Waals surface area contributed by atoms with Crippen molar-refractivity contribution in [1.29, 1.82) is 0 Å². The van der Waals surface area contributed by atoms with E-state index in [-0.39, 0.29) is 0 Å². The number of allylic oxidation sites excluding steroid dienone is 1. The van der Waals surface area contributed by atoms with Crippen molar-refractivity contribution in [1.82, 2.24) is 15.1 Å². The molecule has 0 radical (unpaired) electrons. The van der Waals surface area contributed by atoms with Crippen LogP contribution in [-0.2, 0) is 0 Å². The standard InChI is InChI=1S/C17H31N3/c1-3-10-19-12-7-17(8-13-19)15-20-11-4-5-16(14-20)6-9-18-2/h3,6,10,17-18H,4-5,7-9,11-15H2,1-2H3/b10-3+,16-6+. The molecule has 0 saturated carbocycles. The summed E-state index contributed by atoms with van der Waals surface area (Å²) in [6.45, 7) is 9.42. The summed E-state index contributed by atoms with van der Waals surface area (Å²) < 4.78 is 0. The molecule has 0 aromatic carbocycles. The van der Waals surface area contributed by atoms with Crippen LogP contribution in [0.2, 0.25) is 0 Å². The fraction of sp³-hybridized carbons (Fsp3) is 0.765. The first-order valence-electron chi connectivity index (χ1n) is 8.23. The van der Waals surface area contributed by atoms with E-state index < -0.39 is 0 Å². The van der Waals surface area contributed by atoms with E-state index in [0.29, 0.717) is 0 Å². The van der Waals surface area contributed by atoms with Crippen LogP contribution in [0.15, 0.2) is 23.9 Å². The van der Waals surface area contributed by atoms with Gasteiger partial charge in [-0.1, -0.05) is 17.7 Å². The van der Waals surface area contributed by atoms with Gasteiger partial charge in [0.2, 0.25) is 0 Å². The highest BCUT2D eigenvalue weighted by molar-refractivity contribution is 5.08. The molecule has 2 saturated heterocycles. The average molecular weight is 277 g/mol. The predicted molar refractivity (Wildman–Crippen MR) is 86.8 cm³/mol. The van der Waals surface area contributed by atoms with E-state index in [4.69, 9.17) is 0 Å². The molecule has 0 unspecified atom stereocenters. The first-order valence-corrected chi connectivity index (χ1v) is 8.23. The van der Waals surface area contributed by atoms with E-state index in [1.807, 2.05) is 7.05 Å². The summed E-state index contributed by atoms with van der Waals surface area (Å²) >= 11 is 0. The lowest BCUT2D eigenvalue weighted by atomic mass is 9.94. The van der Waals surface area contributed by atoms with Gasteiger partial charge in [0.05, 0.1) is 0 Å². The largest absolute Gasteiger partial charge is 0.378 e. The first kappa shape index (κ1) is 15.6. The molecule has 0 aromatic heterocycles. The Bertz CT molecular complexity index is 327. The van der Waals surface area contributed by atoms with Crippen molar-refractivity contribution in [3.8, 4) is 0 Å². The van der Waals surface area contributed by atoms with Crippen LogP contribution in [0.5, 0.6) is 0 Å². The van der Waals surface area contributed by atoms with Gasteiger partial charge >= 0.3 is 0 Å². The van der Waals surface area contributed by atoms with E-state index in [0.717, 1.165) is 12.5 Å². The lowest BCUT2D eigenvalue weighted by molar-refractivity contribution is 0.168. The maximum absolute atomic E-state index is 3.22. The Morgan fingerprint density at radius 2 is 2.05 bits per heavy atom. The molecule has 3 nitrogen and oxygen atoms in total. The molecule has 0 amide bonds. The summed E-state index contributed by atoms with van der Waals surface area (Å²) in [4.78, 5) is 5.14. The van der Waals surface area contributed by atoms with Gasteiger partial charge in [-0.2, -0.15) is 0 Å². The molecule has 2 aliphatic rings. The second-order valence-corrected chi connectivity index (χ2v) is 6.22. The van der Waals surface area contributed by atoms with Crippen LogP contribution in [0.25, 0.3) is 0 Å². The van der Waals surface area contributed by atoms with Gasteiger partial charge in [0.25, 0.3) is 0 Å². The smallest absolute Gasteiger partial charge is 0.0193 e. The second-order valence-electron chi connectivity index (χ2n) is 6.22. The molecule has 2 heterocycles. The van der Waals surface area contributed by atoms with Crippen molar-refractivity contribution in [3.63, 3.8) is 0 Å². The number of piperidine rings is 2. The highest BCUT2D eigenvalue weighted by atomic mass is 15.1. The van der Waals surface area contributed by atoms with Gasteiger partial charge in [-0.15, -0.1) is 0 Å². The zero-order valence-corrected chi connectivity index (χ0v) is 13.3. The summed E-state index contributed by atoms with van der Waals surface area (Å²) in [5.74, 6) is 0.903. The first-order chi connectivity index (χ1) is 9.81. The molecule has 0 aliphatic carbocycles. The van der Waals surface area contributed by atoms with E-state index in [9.17, 15) is 0 Å². The molecular weight excluding hydrogens is 246 g/mol. The maximum atomic E-state index is 3.22. The van der Waals surface area contributed by atoms with Crippen molar-refractivity contribution >= 4 is 0 Å². The normalized spacial score (nSPS) is 24.9. The molecule has 3 heteroatoms. The van der Waals surface area contributed by atoms with Gasteiger partial charge in [-0.3, -0.25) is 4.90 Å². The minimum atomic E-state index is 0.903. The number of hydrogen-bond acceptors (Lipinski definition) is 3. The molecule has 114 valence electrons. The Morgan fingerprint density at radius 3 is 2.75 bits per heavy atom. The quantitative estimate of drug-likeness (QED) is 0.779. The predicted octanol–water partition coefficient (Wildman–Crippen LogP) is 2.47. The summed E-state index contributed by atoms with van der Waals surface area (Å²) in [6.07, 6.45) is 12.2. The van der Waals surface area contributed by atoms with Crippen LogP contribution in [0.1, 0.15) is 32.6 Å². The van der Waals surface area contributed by atoms with E-state index in [1.54, 1.807) is 5.57 Å². The molecule has 1 N–H and O–H groups in total. The van der Waals surface area contributed by atoms with Gasteiger partial charge < -0.3 is 10.2 Å². The Morgan fingerprint density at radius 1 is 1.25 bits per heavy atom. The number of hydrogen-bond donors (Lipinski definition) is 1. The van der Waals surface area contributed by atoms with Gasteiger partial charge in [0, 0.05) is 32.7 Å². The zero-order chi connectivity index (χ0) is 14.2. The average Bonchev–Trinajstić information content (AvgIpc) is 2.48. The summed E-state index contributed by atoms with van der Waals surface area (Å²) in [7, 11) is 2.02. The van der Waals surface area contributed by atoms with Crippen molar-refractivity contribution in [2.45, 2.75) is 32.6 Å². The van der Waals surface area contributed by atoms with Crippen LogP contribution < -0.4 is 5.32 Å². The third-order valence-electron chi connectivity index (χ3n) is 4.52. The molecule has 0 bridgehead atoms. The third kappa shape index (κ3) is 4.95. The monoisotopic (exact) mass is 277 g/mol. The van der Waals surface area contributed by atoms with Crippen LogP contribution in [0.4, 0.5) is 0 Å². The maximum Gasteiger partial charge on any atom is 0.0193 e. The van der Waals surface area contributed by atoms with Crippen molar-refractivity contribution < 1.29 is 0 Å². The highest BCUT2D eigenvalue weighted by Crippen LogP contribution is 2.22. The molecular formula is C17H31N3. The van der Waals surface area contributed by atoms with Gasteiger partial charge in [-0.25, -0.2) is 0 Å². The Hall–Kier alpha value is -0.800. The fourth-order valence-electron chi connectivity index (χ4n) is 3.40. The molecule has 0 aromatic rings. The van der Waals surface area contributed by atoms with Crippen molar-refractivity contribution in [2.24, 2.45) is 5.92 Å². The highest BCUT2D eigenvalue weighted by Gasteiger charge is 2.21. The van der Waals surface area contributed by atoms with Crippen LogP contribution in [0.3, 0.4) is 0 Å². The van der Waals surface area contributed by atoms with E-state index in [1.165, 1.54) is 58.4 Å². The minimum absolute atomic E-state index is 0.903. The molecule has 0 spiro atoms. The number of likely N-dealkylation sites (tertiary alicyclic amines) is 2. The van der Waals surface area contributed by atoms with Gasteiger partial charge in [-0.05, 0) is 58.3 Å². The Kier molecular flexibility index (Phi) is 6.61. The number of nitrogens with zero attached hydrogens (tertiary/aromatic N) is 2. The molecule has 2 aliphatic heterocycles. The molecule has 2 fully saturated rings. The summed E-state index contributed by atoms with van der Waals surface area (Å²) in [5, 5.41) is 3.22. The lowest BCUT2D eigenvalue weighted by Gasteiger charge is -2.36. The Labute approximate surface area is 124 Å². The van der Waals surface area contributed by atoms with Crippen LogP contribution in [0, 0.1) is 5.92 Å². The minimum Gasteiger partial charge on any atom is -0.378 e. The number of likely N-dealkylation sites (N-methyl/N-ethyl adjacent to an activating group) is 1. The number of nitrogens with one attached hydrogen (secondary N) is 1. The van der Waals surface area contributed by atoms with E-state index in [2.05, 4.69) is 40.4 Å². The van der Waals surface area contributed by atoms with E-state index >= 15 is 0 Å². The number of rotatable bonds is 5. The third-order valence-corrected chi connectivity index (χ3v) is 4.52. The molecule has 0 atom stereocenters. The molecule has 20 heavy (non-hydrogen) atoms. The Balaban J connectivity index is 1.73. The van der Waals surface area contributed by atoms with Gasteiger partial charge in [0.15, 0.2) is 0 Å².